The molecular weight excluding hydrogens is 148 g/mol. The summed E-state index contributed by atoms with van der Waals surface area (Å²) in [5.41, 5.74) is 0. The molecule has 0 aromatic heterocycles. The number of rotatable bonds is 1. The molecule has 0 unspecified atom stereocenters. The lowest BCUT2D eigenvalue weighted by Gasteiger charge is -2.34. The molecule has 1 aliphatic heterocycles. The fourth-order valence-electron chi connectivity index (χ4n) is 1.28. The van der Waals surface area contributed by atoms with Gasteiger partial charge in [0.15, 0.2) is 0 Å². The predicted molar refractivity (Wildman–Crippen MR) is 38.1 cm³/mol. The summed E-state index contributed by atoms with van der Waals surface area (Å²) < 4.78 is 5.16. The van der Waals surface area contributed by atoms with E-state index < -0.39 is 18.3 Å². The summed E-state index contributed by atoms with van der Waals surface area (Å²) in [4.78, 5) is 0. The molecule has 0 radical (unpaired) electrons. The Morgan fingerprint density at radius 1 is 1.45 bits per heavy atom. The summed E-state index contributed by atoms with van der Waals surface area (Å²) in [6.45, 7) is 1.57. The second-order valence-electron chi connectivity index (χ2n) is 2.94. The summed E-state index contributed by atoms with van der Waals surface area (Å²) in [7, 11) is 0. The van der Waals surface area contributed by atoms with E-state index in [1.54, 1.807) is 6.92 Å². The molecule has 11 heavy (non-hydrogen) atoms. The summed E-state index contributed by atoms with van der Waals surface area (Å²) in [6, 6.07) is 0. The molecule has 0 bridgehead atoms. The van der Waals surface area contributed by atoms with E-state index in [-0.39, 0.29) is 12.7 Å². The molecule has 1 rings (SSSR count). The quantitative estimate of drug-likeness (QED) is 0.456. The minimum Gasteiger partial charge on any atom is -0.394 e. The Morgan fingerprint density at radius 3 is 2.55 bits per heavy atom. The Balaban J connectivity index is 2.47. The highest BCUT2D eigenvalue weighted by atomic mass is 16.5. The van der Waals surface area contributed by atoms with Crippen molar-refractivity contribution in [2.45, 2.75) is 37.8 Å². The molecule has 0 aliphatic carbocycles. The van der Waals surface area contributed by atoms with Crippen LogP contribution < -0.4 is 0 Å². The molecule has 0 spiro atoms. The molecule has 1 aliphatic rings. The van der Waals surface area contributed by atoms with Gasteiger partial charge in [-0.1, -0.05) is 0 Å². The number of aliphatic hydroxyl groups is 3. The largest absolute Gasteiger partial charge is 0.394 e. The van der Waals surface area contributed by atoms with Gasteiger partial charge < -0.3 is 20.1 Å². The van der Waals surface area contributed by atoms with E-state index in [0.29, 0.717) is 6.42 Å². The van der Waals surface area contributed by atoms with Crippen LogP contribution in [0.4, 0.5) is 0 Å². The van der Waals surface area contributed by atoms with Gasteiger partial charge >= 0.3 is 0 Å². The molecule has 4 nitrogen and oxygen atoms in total. The summed E-state index contributed by atoms with van der Waals surface area (Å²) in [5.74, 6) is 0. The van der Waals surface area contributed by atoms with Gasteiger partial charge in [-0.15, -0.1) is 0 Å². The fourth-order valence-corrected chi connectivity index (χ4v) is 1.28. The second kappa shape index (κ2) is 3.49. The molecule has 66 valence electrons. The van der Waals surface area contributed by atoms with Gasteiger partial charge in [0.2, 0.25) is 0 Å². The Labute approximate surface area is 65.4 Å². The highest BCUT2D eigenvalue weighted by Gasteiger charge is 2.33. The van der Waals surface area contributed by atoms with Crippen LogP contribution in [0.2, 0.25) is 0 Å². The van der Waals surface area contributed by atoms with Gasteiger partial charge in [-0.2, -0.15) is 0 Å². The van der Waals surface area contributed by atoms with Crippen LogP contribution in [0.25, 0.3) is 0 Å². The first-order valence-electron chi connectivity index (χ1n) is 3.77. The zero-order valence-electron chi connectivity index (χ0n) is 6.47. The average molecular weight is 162 g/mol. The van der Waals surface area contributed by atoms with Crippen molar-refractivity contribution in [3.05, 3.63) is 0 Å². The first kappa shape index (κ1) is 8.93. The van der Waals surface area contributed by atoms with Crippen LogP contribution in [0.5, 0.6) is 0 Å². The first-order valence-corrected chi connectivity index (χ1v) is 3.77. The molecule has 4 heteroatoms. The summed E-state index contributed by atoms with van der Waals surface area (Å²) >= 11 is 0. The number of aliphatic hydroxyl groups excluding tert-OH is 3. The minimum atomic E-state index is -0.821. The maximum absolute atomic E-state index is 9.21. The van der Waals surface area contributed by atoms with Crippen LogP contribution in [0.15, 0.2) is 0 Å². The van der Waals surface area contributed by atoms with E-state index in [2.05, 4.69) is 0 Å². The van der Waals surface area contributed by atoms with Gasteiger partial charge in [-0.25, -0.2) is 0 Å². The summed E-state index contributed by atoms with van der Waals surface area (Å²) in [5, 5.41) is 27.1. The SMILES string of the molecule is C[C@H]1O[C@H](CO)C[C@H](O)[C@@H]1O. The highest BCUT2D eigenvalue weighted by Crippen LogP contribution is 2.19. The van der Waals surface area contributed by atoms with Crippen LogP contribution in [0.1, 0.15) is 13.3 Å². The predicted octanol–water partition coefficient (Wildman–Crippen LogP) is -1.12. The molecular formula is C7H14O4. The molecule has 0 saturated carbocycles. The van der Waals surface area contributed by atoms with Crippen molar-refractivity contribution >= 4 is 0 Å². The van der Waals surface area contributed by atoms with Gasteiger partial charge in [-0.05, 0) is 6.92 Å². The maximum Gasteiger partial charge on any atom is 0.106 e. The van der Waals surface area contributed by atoms with E-state index >= 15 is 0 Å². The van der Waals surface area contributed by atoms with Crippen molar-refractivity contribution in [1.29, 1.82) is 0 Å². The van der Waals surface area contributed by atoms with E-state index in [0.717, 1.165) is 0 Å². The van der Waals surface area contributed by atoms with Gasteiger partial charge in [0, 0.05) is 6.42 Å². The van der Waals surface area contributed by atoms with Crippen molar-refractivity contribution in [3.63, 3.8) is 0 Å². The smallest absolute Gasteiger partial charge is 0.106 e. The van der Waals surface area contributed by atoms with Crippen LogP contribution in [-0.4, -0.2) is 46.3 Å². The molecule has 0 aromatic carbocycles. The highest BCUT2D eigenvalue weighted by molar-refractivity contribution is 4.82. The van der Waals surface area contributed by atoms with Gasteiger partial charge in [0.05, 0.1) is 24.9 Å². The third kappa shape index (κ3) is 1.90. The topological polar surface area (TPSA) is 69.9 Å². The fraction of sp³-hybridized carbons (Fsp3) is 1.00. The zero-order valence-corrected chi connectivity index (χ0v) is 6.47. The number of hydrogen-bond donors (Lipinski definition) is 3. The van der Waals surface area contributed by atoms with Crippen molar-refractivity contribution in [2.75, 3.05) is 6.61 Å². The van der Waals surface area contributed by atoms with E-state index in [1.165, 1.54) is 0 Å². The van der Waals surface area contributed by atoms with Crippen molar-refractivity contribution in [3.8, 4) is 0 Å². The molecule has 1 fully saturated rings. The number of hydrogen-bond acceptors (Lipinski definition) is 4. The van der Waals surface area contributed by atoms with Crippen LogP contribution in [-0.2, 0) is 4.74 Å². The molecule has 1 saturated heterocycles. The van der Waals surface area contributed by atoms with Crippen LogP contribution in [0, 0.1) is 0 Å². The normalized spacial score (nSPS) is 45.8. The van der Waals surface area contributed by atoms with Crippen LogP contribution in [0.3, 0.4) is 0 Å². The second-order valence-corrected chi connectivity index (χ2v) is 2.94. The third-order valence-electron chi connectivity index (χ3n) is 1.99. The Kier molecular flexibility index (Phi) is 2.84. The first-order chi connectivity index (χ1) is 5.15. The van der Waals surface area contributed by atoms with Gasteiger partial charge in [0.25, 0.3) is 0 Å². The zero-order chi connectivity index (χ0) is 8.43. The molecule has 1 heterocycles. The van der Waals surface area contributed by atoms with Crippen molar-refractivity contribution in [1.82, 2.24) is 0 Å². The molecule has 0 amide bonds. The van der Waals surface area contributed by atoms with Crippen LogP contribution >= 0.6 is 0 Å². The maximum atomic E-state index is 9.21. The van der Waals surface area contributed by atoms with E-state index in [1.807, 2.05) is 0 Å². The van der Waals surface area contributed by atoms with Gasteiger partial charge in [-0.3, -0.25) is 0 Å². The minimum absolute atomic E-state index is 0.103. The van der Waals surface area contributed by atoms with Crippen molar-refractivity contribution in [2.24, 2.45) is 0 Å². The van der Waals surface area contributed by atoms with E-state index in [4.69, 9.17) is 9.84 Å². The molecule has 4 atom stereocenters. The number of ether oxygens (including phenoxy) is 1. The lowest BCUT2D eigenvalue weighted by Crippen LogP contribution is -2.47. The lowest BCUT2D eigenvalue weighted by molar-refractivity contribution is -0.170. The Bertz CT molecular complexity index is 116. The third-order valence-corrected chi connectivity index (χ3v) is 1.99. The monoisotopic (exact) mass is 162 g/mol. The van der Waals surface area contributed by atoms with Crippen molar-refractivity contribution < 1.29 is 20.1 Å². The lowest BCUT2D eigenvalue weighted by atomic mass is 9.99. The molecule has 3 N–H and O–H groups in total. The molecule has 0 aromatic rings. The average Bonchev–Trinajstić information content (AvgIpc) is 1.99. The standard InChI is InChI=1S/C7H14O4/c1-4-7(10)6(9)2-5(3-8)11-4/h4-10H,2-3H2,1H3/t4-,5+,6+,7-/m1/s1. The van der Waals surface area contributed by atoms with E-state index in [9.17, 15) is 10.2 Å². The Hall–Kier alpha value is -0.160. The Morgan fingerprint density at radius 2 is 2.09 bits per heavy atom. The summed E-state index contributed by atoms with van der Waals surface area (Å²) in [6.07, 6.45) is -2.00. The van der Waals surface area contributed by atoms with Gasteiger partial charge in [0.1, 0.15) is 6.10 Å².